The van der Waals surface area contributed by atoms with Gasteiger partial charge in [-0.05, 0) is 35.2 Å². The quantitative estimate of drug-likeness (QED) is 0.925. The normalized spacial score (nSPS) is 24.3. The highest BCUT2D eigenvalue weighted by Crippen LogP contribution is 2.25. The summed E-state index contributed by atoms with van der Waals surface area (Å²) in [5, 5.41) is 1.99. The van der Waals surface area contributed by atoms with Crippen LogP contribution in [0.2, 0.25) is 0 Å². The van der Waals surface area contributed by atoms with Gasteiger partial charge in [0, 0.05) is 19.1 Å². The Labute approximate surface area is 125 Å². The number of fused-ring (bicyclic) bond motifs is 1. The summed E-state index contributed by atoms with van der Waals surface area (Å²) < 4.78 is 27.1. The van der Waals surface area contributed by atoms with Crippen molar-refractivity contribution in [1.82, 2.24) is 4.31 Å². The molecule has 21 heavy (non-hydrogen) atoms. The van der Waals surface area contributed by atoms with Gasteiger partial charge in [0.05, 0.1) is 4.90 Å². The molecule has 0 aliphatic carbocycles. The van der Waals surface area contributed by atoms with Crippen molar-refractivity contribution in [2.24, 2.45) is 11.7 Å². The van der Waals surface area contributed by atoms with E-state index in [0.717, 1.165) is 10.8 Å². The summed E-state index contributed by atoms with van der Waals surface area (Å²) >= 11 is 0. The van der Waals surface area contributed by atoms with E-state index >= 15 is 0 Å². The van der Waals surface area contributed by atoms with Crippen molar-refractivity contribution in [3.63, 3.8) is 0 Å². The minimum absolute atomic E-state index is 0.0908. The molecular weight excluding hydrogens is 284 g/mol. The number of piperidine rings is 1. The summed E-state index contributed by atoms with van der Waals surface area (Å²) in [6.45, 7) is 3.00. The zero-order valence-electron chi connectivity index (χ0n) is 12.1. The Bertz CT molecular complexity index is 758. The fourth-order valence-electron chi connectivity index (χ4n) is 2.82. The van der Waals surface area contributed by atoms with Gasteiger partial charge in [-0.3, -0.25) is 0 Å². The van der Waals surface area contributed by atoms with Crippen LogP contribution in [0.25, 0.3) is 10.8 Å². The molecule has 2 aromatic rings. The standard InChI is InChI=1S/C16H20N2O2S/c1-12-11-18(9-8-16(12)17)21(19,20)15-7-6-13-4-2-3-5-14(13)10-15/h2-7,10,12,16H,8-9,11,17H2,1H3. The first-order chi connectivity index (χ1) is 9.98. The first kappa shape index (κ1) is 14.5. The smallest absolute Gasteiger partial charge is 0.243 e. The minimum Gasteiger partial charge on any atom is -0.327 e. The molecule has 2 N–H and O–H groups in total. The number of rotatable bonds is 2. The highest BCUT2D eigenvalue weighted by atomic mass is 32.2. The average Bonchev–Trinajstić information content (AvgIpc) is 2.49. The topological polar surface area (TPSA) is 63.4 Å². The molecule has 0 aromatic heterocycles. The van der Waals surface area contributed by atoms with Gasteiger partial charge in [0.15, 0.2) is 0 Å². The van der Waals surface area contributed by atoms with E-state index in [0.29, 0.717) is 24.4 Å². The van der Waals surface area contributed by atoms with E-state index in [-0.39, 0.29) is 12.0 Å². The SMILES string of the molecule is CC1CN(S(=O)(=O)c2ccc3ccccc3c2)CCC1N. The van der Waals surface area contributed by atoms with Gasteiger partial charge in [-0.2, -0.15) is 4.31 Å². The Balaban J connectivity index is 1.96. The molecule has 2 unspecified atom stereocenters. The fraction of sp³-hybridized carbons (Fsp3) is 0.375. The summed E-state index contributed by atoms with van der Waals surface area (Å²) in [6.07, 6.45) is 0.716. The maximum absolute atomic E-state index is 12.8. The highest BCUT2D eigenvalue weighted by Gasteiger charge is 2.31. The van der Waals surface area contributed by atoms with E-state index in [1.165, 1.54) is 0 Å². The molecular formula is C16H20N2O2S. The molecule has 4 nitrogen and oxygen atoms in total. The summed E-state index contributed by atoms with van der Waals surface area (Å²) in [6, 6.07) is 13.2. The number of nitrogens with zero attached hydrogens (tertiary/aromatic N) is 1. The molecule has 2 aromatic carbocycles. The molecule has 0 radical (unpaired) electrons. The van der Waals surface area contributed by atoms with Gasteiger partial charge in [-0.25, -0.2) is 8.42 Å². The number of hydrogen-bond donors (Lipinski definition) is 1. The lowest BCUT2D eigenvalue weighted by Gasteiger charge is -2.34. The van der Waals surface area contributed by atoms with Gasteiger partial charge in [0.25, 0.3) is 0 Å². The first-order valence-corrected chi connectivity index (χ1v) is 8.67. The molecule has 0 spiro atoms. The van der Waals surface area contributed by atoms with Crippen molar-refractivity contribution in [1.29, 1.82) is 0 Å². The summed E-state index contributed by atoms with van der Waals surface area (Å²) in [7, 11) is -3.43. The van der Waals surface area contributed by atoms with Gasteiger partial charge >= 0.3 is 0 Å². The van der Waals surface area contributed by atoms with Gasteiger partial charge < -0.3 is 5.73 Å². The average molecular weight is 304 g/mol. The van der Waals surface area contributed by atoms with Crippen LogP contribution in [0, 0.1) is 5.92 Å². The van der Waals surface area contributed by atoms with Gasteiger partial charge in [0.1, 0.15) is 0 Å². The Morgan fingerprint density at radius 2 is 1.86 bits per heavy atom. The zero-order valence-corrected chi connectivity index (χ0v) is 12.9. The van der Waals surface area contributed by atoms with Crippen LogP contribution < -0.4 is 5.73 Å². The second-order valence-electron chi connectivity index (χ2n) is 5.80. The number of nitrogens with two attached hydrogens (primary N) is 1. The van der Waals surface area contributed by atoms with Crippen LogP contribution in [0.5, 0.6) is 0 Å². The molecule has 1 saturated heterocycles. The third-order valence-electron chi connectivity index (χ3n) is 4.29. The van der Waals surface area contributed by atoms with Gasteiger partial charge in [0.2, 0.25) is 10.0 Å². The summed E-state index contributed by atoms with van der Waals surface area (Å²) in [4.78, 5) is 0.365. The molecule has 0 amide bonds. The van der Waals surface area contributed by atoms with E-state index < -0.39 is 10.0 Å². The molecule has 1 fully saturated rings. The molecule has 1 heterocycles. The second kappa shape index (κ2) is 5.40. The van der Waals surface area contributed by atoms with Crippen LogP contribution in [0.3, 0.4) is 0 Å². The van der Waals surface area contributed by atoms with E-state index in [1.807, 2.05) is 37.3 Å². The molecule has 5 heteroatoms. The minimum atomic E-state index is -3.43. The molecule has 0 saturated carbocycles. The molecule has 2 atom stereocenters. The Morgan fingerprint density at radius 1 is 1.14 bits per heavy atom. The van der Waals surface area contributed by atoms with Crippen molar-refractivity contribution >= 4 is 20.8 Å². The predicted octanol–water partition coefficient (Wildman–Crippen LogP) is 2.20. The van der Waals surface area contributed by atoms with Crippen molar-refractivity contribution in [2.45, 2.75) is 24.3 Å². The predicted molar refractivity (Wildman–Crippen MR) is 84.5 cm³/mol. The highest BCUT2D eigenvalue weighted by molar-refractivity contribution is 7.89. The first-order valence-electron chi connectivity index (χ1n) is 7.23. The summed E-state index contributed by atoms with van der Waals surface area (Å²) in [5.41, 5.74) is 5.98. The lowest BCUT2D eigenvalue weighted by Crippen LogP contribution is -2.48. The second-order valence-corrected chi connectivity index (χ2v) is 7.74. The number of benzene rings is 2. The van der Waals surface area contributed by atoms with E-state index in [9.17, 15) is 8.42 Å². The Morgan fingerprint density at radius 3 is 2.57 bits per heavy atom. The summed E-state index contributed by atoms with van der Waals surface area (Å²) in [5.74, 6) is 0.189. The van der Waals surface area contributed by atoms with Crippen LogP contribution in [-0.2, 0) is 10.0 Å². The van der Waals surface area contributed by atoms with Crippen molar-refractivity contribution < 1.29 is 8.42 Å². The molecule has 1 aliphatic heterocycles. The zero-order chi connectivity index (χ0) is 15.0. The Kier molecular flexibility index (Phi) is 3.73. The van der Waals surface area contributed by atoms with Crippen molar-refractivity contribution in [3.8, 4) is 0 Å². The number of hydrogen-bond acceptors (Lipinski definition) is 3. The lowest BCUT2D eigenvalue weighted by atomic mass is 9.96. The largest absolute Gasteiger partial charge is 0.327 e. The molecule has 3 rings (SSSR count). The lowest BCUT2D eigenvalue weighted by molar-refractivity contribution is 0.250. The third kappa shape index (κ3) is 2.69. The molecule has 0 bridgehead atoms. The van der Waals surface area contributed by atoms with Crippen LogP contribution in [-0.4, -0.2) is 31.9 Å². The van der Waals surface area contributed by atoms with E-state index in [2.05, 4.69) is 0 Å². The van der Waals surface area contributed by atoms with Crippen LogP contribution in [0.15, 0.2) is 47.4 Å². The maximum Gasteiger partial charge on any atom is 0.243 e. The fourth-order valence-corrected chi connectivity index (χ4v) is 4.41. The van der Waals surface area contributed by atoms with Crippen molar-refractivity contribution in [2.75, 3.05) is 13.1 Å². The molecule has 112 valence electrons. The Hall–Kier alpha value is -1.43. The van der Waals surface area contributed by atoms with E-state index in [1.54, 1.807) is 16.4 Å². The van der Waals surface area contributed by atoms with Crippen molar-refractivity contribution in [3.05, 3.63) is 42.5 Å². The number of sulfonamides is 1. The third-order valence-corrected chi connectivity index (χ3v) is 6.15. The van der Waals surface area contributed by atoms with Gasteiger partial charge in [-0.1, -0.05) is 37.3 Å². The molecule has 1 aliphatic rings. The van der Waals surface area contributed by atoms with Gasteiger partial charge in [-0.15, -0.1) is 0 Å². The van der Waals surface area contributed by atoms with Crippen LogP contribution in [0.1, 0.15) is 13.3 Å². The van der Waals surface area contributed by atoms with Crippen LogP contribution in [0.4, 0.5) is 0 Å². The van der Waals surface area contributed by atoms with Crippen LogP contribution >= 0.6 is 0 Å². The monoisotopic (exact) mass is 304 g/mol. The maximum atomic E-state index is 12.8. The van der Waals surface area contributed by atoms with E-state index in [4.69, 9.17) is 5.73 Å².